The van der Waals surface area contributed by atoms with Crippen molar-refractivity contribution < 1.29 is 19.4 Å². The number of halogens is 1. The number of rotatable bonds is 3. The lowest BCUT2D eigenvalue weighted by molar-refractivity contribution is -0.134. The van der Waals surface area contributed by atoms with Crippen LogP contribution in [0.2, 0.25) is 0 Å². The standard InChI is InChI=1S/C5H7FO3/c6-4(5(8)9)2-1-3-7/h2,7H,1,3H2,(H,8,9)/b4-2-. The van der Waals surface area contributed by atoms with Gasteiger partial charge < -0.3 is 10.2 Å². The van der Waals surface area contributed by atoms with E-state index in [9.17, 15) is 9.18 Å². The molecule has 0 aromatic carbocycles. The third-order valence-electron chi connectivity index (χ3n) is 0.657. The zero-order chi connectivity index (χ0) is 7.28. The Morgan fingerprint density at radius 1 is 1.67 bits per heavy atom. The zero-order valence-electron chi connectivity index (χ0n) is 4.67. The number of carbonyl (C=O) groups is 1. The molecule has 0 bridgehead atoms. The lowest BCUT2D eigenvalue weighted by atomic mass is 10.4. The molecule has 0 saturated carbocycles. The van der Waals surface area contributed by atoms with E-state index in [4.69, 9.17) is 10.2 Å². The van der Waals surface area contributed by atoms with Crippen LogP contribution in [0.5, 0.6) is 0 Å². The molecule has 0 atom stereocenters. The second-order valence-corrected chi connectivity index (χ2v) is 1.37. The topological polar surface area (TPSA) is 57.5 Å². The van der Waals surface area contributed by atoms with Gasteiger partial charge >= 0.3 is 5.97 Å². The first-order chi connectivity index (χ1) is 4.18. The summed E-state index contributed by atoms with van der Waals surface area (Å²) in [6.07, 6.45) is 0.862. The summed E-state index contributed by atoms with van der Waals surface area (Å²) in [5.74, 6) is -2.81. The molecule has 0 rings (SSSR count). The molecular formula is C5H7FO3. The molecule has 4 heteroatoms. The third kappa shape index (κ3) is 3.66. The number of aliphatic carboxylic acids is 1. The van der Waals surface area contributed by atoms with Gasteiger partial charge in [-0.15, -0.1) is 0 Å². The molecule has 0 radical (unpaired) electrons. The van der Waals surface area contributed by atoms with Crippen molar-refractivity contribution >= 4 is 5.97 Å². The SMILES string of the molecule is O=C(O)/C(F)=C/CCO. The molecule has 0 aliphatic rings. The minimum absolute atomic E-state index is 0.0398. The Morgan fingerprint density at radius 2 is 2.22 bits per heavy atom. The molecule has 0 fully saturated rings. The smallest absolute Gasteiger partial charge is 0.364 e. The first-order valence-corrected chi connectivity index (χ1v) is 2.38. The normalized spacial score (nSPS) is 11.6. The van der Waals surface area contributed by atoms with Crippen molar-refractivity contribution in [3.8, 4) is 0 Å². The summed E-state index contributed by atoms with van der Waals surface area (Å²) in [7, 11) is 0. The highest BCUT2D eigenvalue weighted by molar-refractivity contribution is 5.83. The Labute approximate surface area is 51.4 Å². The van der Waals surface area contributed by atoms with E-state index in [2.05, 4.69) is 0 Å². The monoisotopic (exact) mass is 134 g/mol. The summed E-state index contributed by atoms with van der Waals surface area (Å²) in [4.78, 5) is 9.68. The number of carboxylic acids is 1. The molecule has 2 N–H and O–H groups in total. The number of aliphatic hydroxyl groups excluding tert-OH is 1. The summed E-state index contributed by atoms with van der Waals surface area (Å²) >= 11 is 0. The molecule has 0 aromatic heterocycles. The van der Waals surface area contributed by atoms with Gasteiger partial charge in [-0.05, 0) is 12.5 Å². The highest BCUT2D eigenvalue weighted by atomic mass is 19.1. The second-order valence-electron chi connectivity index (χ2n) is 1.37. The molecule has 9 heavy (non-hydrogen) atoms. The summed E-state index contributed by atoms with van der Waals surface area (Å²) in [6.45, 7) is -0.235. The third-order valence-corrected chi connectivity index (χ3v) is 0.657. The van der Waals surface area contributed by atoms with Gasteiger partial charge in [0.1, 0.15) is 0 Å². The van der Waals surface area contributed by atoms with Gasteiger partial charge in [-0.2, -0.15) is 4.39 Å². The maximum atomic E-state index is 11.9. The quantitative estimate of drug-likeness (QED) is 0.546. The van der Waals surface area contributed by atoms with Crippen LogP contribution >= 0.6 is 0 Å². The van der Waals surface area contributed by atoms with Crippen molar-refractivity contribution in [1.82, 2.24) is 0 Å². The van der Waals surface area contributed by atoms with Crippen LogP contribution < -0.4 is 0 Å². The van der Waals surface area contributed by atoms with Crippen molar-refractivity contribution in [1.29, 1.82) is 0 Å². The molecule has 0 aliphatic carbocycles. The highest BCUT2D eigenvalue weighted by Gasteiger charge is 2.01. The Morgan fingerprint density at radius 3 is 2.56 bits per heavy atom. The Hall–Kier alpha value is -0.900. The molecule has 0 aliphatic heterocycles. The average molecular weight is 134 g/mol. The van der Waals surface area contributed by atoms with Gasteiger partial charge in [0.25, 0.3) is 0 Å². The minimum atomic E-state index is -1.59. The van der Waals surface area contributed by atoms with Crippen molar-refractivity contribution in [2.45, 2.75) is 6.42 Å². The Bertz CT molecular complexity index is 130. The fraction of sp³-hybridized carbons (Fsp3) is 0.400. The van der Waals surface area contributed by atoms with Gasteiger partial charge in [0.05, 0.1) is 0 Å². The van der Waals surface area contributed by atoms with Gasteiger partial charge in [-0.25, -0.2) is 4.79 Å². The zero-order valence-corrected chi connectivity index (χ0v) is 4.67. The van der Waals surface area contributed by atoms with Crippen LogP contribution in [0, 0.1) is 0 Å². The van der Waals surface area contributed by atoms with Crippen LogP contribution in [0.15, 0.2) is 11.9 Å². The van der Waals surface area contributed by atoms with E-state index in [1.807, 2.05) is 0 Å². The highest BCUT2D eigenvalue weighted by Crippen LogP contribution is 1.96. The predicted molar refractivity (Wildman–Crippen MR) is 28.5 cm³/mol. The van der Waals surface area contributed by atoms with E-state index in [-0.39, 0.29) is 13.0 Å². The van der Waals surface area contributed by atoms with E-state index in [1.165, 1.54) is 0 Å². The van der Waals surface area contributed by atoms with Crippen LogP contribution in [0.1, 0.15) is 6.42 Å². The summed E-state index contributed by atoms with van der Waals surface area (Å²) in [6, 6.07) is 0. The van der Waals surface area contributed by atoms with Crippen LogP contribution in [-0.4, -0.2) is 22.8 Å². The maximum absolute atomic E-state index is 11.9. The van der Waals surface area contributed by atoms with Crippen molar-refractivity contribution in [3.63, 3.8) is 0 Å². The van der Waals surface area contributed by atoms with E-state index in [1.54, 1.807) is 0 Å². The molecule has 52 valence electrons. The van der Waals surface area contributed by atoms with Gasteiger partial charge in [0, 0.05) is 6.61 Å². The molecule has 3 nitrogen and oxygen atoms in total. The molecule has 0 saturated heterocycles. The largest absolute Gasteiger partial charge is 0.476 e. The van der Waals surface area contributed by atoms with E-state index >= 15 is 0 Å². The van der Waals surface area contributed by atoms with Crippen molar-refractivity contribution in [2.24, 2.45) is 0 Å². The van der Waals surface area contributed by atoms with Crippen LogP contribution in [0.25, 0.3) is 0 Å². The van der Waals surface area contributed by atoms with Crippen LogP contribution in [0.4, 0.5) is 4.39 Å². The lowest BCUT2D eigenvalue weighted by Crippen LogP contribution is -1.94. The second kappa shape index (κ2) is 4.03. The first-order valence-electron chi connectivity index (χ1n) is 2.38. The van der Waals surface area contributed by atoms with Gasteiger partial charge in [0.15, 0.2) is 0 Å². The van der Waals surface area contributed by atoms with E-state index in [0.29, 0.717) is 0 Å². The minimum Gasteiger partial charge on any atom is -0.476 e. The Balaban J connectivity index is 3.69. The van der Waals surface area contributed by atoms with Crippen molar-refractivity contribution in [2.75, 3.05) is 6.61 Å². The molecule has 0 spiro atoms. The molecular weight excluding hydrogens is 127 g/mol. The summed E-state index contributed by atoms with van der Waals surface area (Å²) < 4.78 is 11.9. The number of hydrogen-bond donors (Lipinski definition) is 2. The molecule has 0 heterocycles. The van der Waals surface area contributed by atoms with Gasteiger partial charge in [0.2, 0.25) is 5.83 Å². The van der Waals surface area contributed by atoms with E-state index < -0.39 is 11.8 Å². The average Bonchev–Trinajstić information content (AvgIpc) is 1.82. The predicted octanol–water partition coefficient (Wildman–Crippen LogP) is 0.307. The van der Waals surface area contributed by atoms with Crippen LogP contribution in [0.3, 0.4) is 0 Å². The van der Waals surface area contributed by atoms with Crippen molar-refractivity contribution in [3.05, 3.63) is 11.9 Å². The Kier molecular flexibility index (Phi) is 3.62. The van der Waals surface area contributed by atoms with Gasteiger partial charge in [-0.1, -0.05) is 0 Å². The summed E-state index contributed by atoms with van der Waals surface area (Å²) in [5.41, 5.74) is 0. The maximum Gasteiger partial charge on any atom is 0.364 e. The fourth-order valence-corrected chi connectivity index (χ4v) is 0.279. The van der Waals surface area contributed by atoms with Gasteiger partial charge in [-0.3, -0.25) is 0 Å². The number of aliphatic hydroxyl groups is 1. The number of hydrogen-bond acceptors (Lipinski definition) is 2. The molecule has 0 amide bonds. The molecule has 0 aromatic rings. The fourth-order valence-electron chi connectivity index (χ4n) is 0.279. The molecule has 0 unspecified atom stereocenters. The summed E-state index contributed by atoms with van der Waals surface area (Å²) in [5, 5.41) is 16.0. The lowest BCUT2D eigenvalue weighted by Gasteiger charge is -1.85. The van der Waals surface area contributed by atoms with Crippen LogP contribution in [-0.2, 0) is 4.79 Å². The number of carboxylic acid groups (broad SMARTS) is 1. The first kappa shape index (κ1) is 8.10. The van der Waals surface area contributed by atoms with E-state index in [0.717, 1.165) is 6.08 Å².